The van der Waals surface area contributed by atoms with Crippen LogP contribution in [0.4, 0.5) is 0 Å². The van der Waals surface area contributed by atoms with Crippen LogP contribution in [0.1, 0.15) is 33.1 Å². The number of hydrogen-bond donors (Lipinski definition) is 2. The van der Waals surface area contributed by atoms with Gasteiger partial charge in [0, 0.05) is 19.8 Å². The van der Waals surface area contributed by atoms with Gasteiger partial charge in [-0.05, 0) is 12.3 Å². The van der Waals surface area contributed by atoms with Crippen molar-refractivity contribution in [3.05, 3.63) is 0 Å². The number of Topliss-reactive ketones (excluding diaryl/α,β-unsaturated/α-hetero) is 1. The number of carboxylic acids is 1. The van der Waals surface area contributed by atoms with Crippen molar-refractivity contribution in [2.24, 2.45) is 0 Å². The first-order chi connectivity index (χ1) is 7.47. The lowest BCUT2D eigenvalue weighted by Crippen LogP contribution is -2.39. The fourth-order valence-corrected chi connectivity index (χ4v) is 1.03. The molecule has 5 heteroatoms. The Morgan fingerprint density at radius 2 is 2.00 bits per heavy atom. The molecule has 0 rings (SSSR count). The van der Waals surface area contributed by atoms with Crippen LogP contribution in [0.2, 0.25) is 0 Å². The maximum absolute atomic E-state index is 11.1. The Balaban J connectivity index is 4.17. The standard InChI is InChI=1S/C11H15NO4/c1-3-4-5-9(14)6-7-10(11(15)16)12-8(2)13/h10H,3,6-7H2,1-2H3,(H,12,13)(H,15,16). The van der Waals surface area contributed by atoms with E-state index < -0.39 is 17.9 Å². The van der Waals surface area contributed by atoms with Gasteiger partial charge in [0.05, 0.1) is 0 Å². The first-order valence-electron chi connectivity index (χ1n) is 4.99. The normalized spacial score (nSPS) is 10.9. The predicted octanol–water partition coefficient (Wildman–Crippen LogP) is 0.338. The molecule has 0 fully saturated rings. The highest BCUT2D eigenvalue weighted by Crippen LogP contribution is 1.98. The molecule has 16 heavy (non-hydrogen) atoms. The highest BCUT2D eigenvalue weighted by molar-refractivity contribution is 5.95. The highest BCUT2D eigenvalue weighted by Gasteiger charge is 2.18. The van der Waals surface area contributed by atoms with Crippen molar-refractivity contribution in [3.63, 3.8) is 0 Å². The highest BCUT2D eigenvalue weighted by atomic mass is 16.4. The van der Waals surface area contributed by atoms with Crippen LogP contribution in [0.15, 0.2) is 0 Å². The van der Waals surface area contributed by atoms with E-state index in [4.69, 9.17) is 5.11 Å². The molecule has 0 saturated heterocycles. The van der Waals surface area contributed by atoms with Crippen molar-refractivity contribution in [2.45, 2.75) is 39.2 Å². The summed E-state index contributed by atoms with van der Waals surface area (Å²) in [5.74, 6) is 3.11. The van der Waals surface area contributed by atoms with E-state index >= 15 is 0 Å². The van der Waals surface area contributed by atoms with Gasteiger partial charge in [0.25, 0.3) is 0 Å². The molecule has 0 spiro atoms. The molecule has 0 saturated carbocycles. The van der Waals surface area contributed by atoms with Gasteiger partial charge in [-0.15, -0.1) is 0 Å². The molecule has 1 amide bonds. The van der Waals surface area contributed by atoms with Crippen LogP contribution in [0.25, 0.3) is 0 Å². The lowest BCUT2D eigenvalue weighted by atomic mass is 10.1. The molecule has 1 atom stereocenters. The molecule has 0 aromatic carbocycles. The van der Waals surface area contributed by atoms with Crippen LogP contribution in [-0.2, 0) is 14.4 Å². The Morgan fingerprint density at radius 1 is 1.38 bits per heavy atom. The summed E-state index contributed by atoms with van der Waals surface area (Å²) in [7, 11) is 0. The summed E-state index contributed by atoms with van der Waals surface area (Å²) in [5, 5.41) is 11.0. The van der Waals surface area contributed by atoms with E-state index in [2.05, 4.69) is 17.2 Å². The van der Waals surface area contributed by atoms with E-state index in [1.807, 2.05) is 6.92 Å². The van der Waals surface area contributed by atoms with Crippen LogP contribution < -0.4 is 5.32 Å². The molecule has 2 N–H and O–H groups in total. The number of ketones is 1. The molecular formula is C11H15NO4. The fourth-order valence-electron chi connectivity index (χ4n) is 1.03. The average molecular weight is 225 g/mol. The van der Waals surface area contributed by atoms with Gasteiger partial charge in [0.15, 0.2) is 0 Å². The van der Waals surface area contributed by atoms with Gasteiger partial charge in [-0.1, -0.05) is 12.8 Å². The van der Waals surface area contributed by atoms with Crippen molar-refractivity contribution in [1.82, 2.24) is 5.32 Å². The second-order valence-corrected chi connectivity index (χ2v) is 3.21. The van der Waals surface area contributed by atoms with E-state index in [-0.39, 0.29) is 18.6 Å². The van der Waals surface area contributed by atoms with Crippen LogP contribution in [0.3, 0.4) is 0 Å². The number of carbonyl (C=O) groups excluding carboxylic acids is 2. The van der Waals surface area contributed by atoms with E-state index in [1.165, 1.54) is 6.92 Å². The first-order valence-corrected chi connectivity index (χ1v) is 4.99. The summed E-state index contributed by atoms with van der Waals surface area (Å²) in [4.78, 5) is 32.5. The zero-order valence-electron chi connectivity index (χ0n) is 9.37. The monoisotopic (exact) mass is 225 g/mol. The molecule has 0 aliphatic heterocycles. The van der Waals surface area contributed by atoms with Gasteiger partial charge in [-0.25, -0.2) is 4.79 Å². The SMILES string of the molecule is CCC#CC(=O)CCC(NC(C)=O)C(=O)O. The van der Waals surface area contributed by atoms with Gasteiger partial charge in [-0.3, -0.25) is 9.59 Å². The van der Waals surface area contributed by atoms with Gasteiger partial charge in [0.1, 0.15) is 6.04 Å². The van der Waals surface area contributed by atoms with Gasteiger partial charge < -0.3 is 10.4 Å². The van der Waals surface area contributed by atoms with Crippen molar-refractivity contribution >= 4 is 17.7 Å². The third kappa shape index (κ3) is 6.60. The Labute approximate surface area is 94.2 Å². The van der Waals surface area contributed by atoms with Crippen LogP contribution in [0, 0.1) is 11.8 Å². The van der Waals surface area contributed by atoms with E-state index in [0.717, 1.165) is 0 Å². The summed E-state index contributed by atoms with van der Waals surface area (Å²) >= 11 is 0. The smallest absolute Gasteiger partial charge is 0.326 e. The van der Waals surface area contributed by atoms with Crippen LogP contribution >= 0.6 is 0 Å². The lowest BCUT2D eigenvalue weighted by Gasteiger charge is -2.11. The quantitative estimate of drug-likeness (QED) is 0.522. The fraction of sp³-hybridized carbons (Fsp3) is 0.545. The Morgan fingerprint density at radius 3 is 2.44 bits per heavy atom. The topological polar surface area (TPSA) is 83.5 Å². The number of nitrogens with one attached hydrogen (secondary N) is 1. The summed E-state index contributed by atoms with van der Waals surface area (Å²) in [6, 6.07) is -1.02. The van der Waals surface area contributed by atoms with E-state index in [9.17, 15) is 14.4 Å². The molecule has 0 aliphatic carbocycles. The largest absolute Gasteiger partial charge is 0.480 e. The second kappa shape index (κ2) is 7.46. The Kier molecular flexibility index (Phi) is 6.61. The molecule has 0 aliphatic rings. The minimum Gasteiger partial charge on any atom is -0.480 e. The lowest BCUT2D eigenvalue weighted by molar-refractivity contribution is -0.141. The Hall–Kier alpha value is -1.83. The van der Waals surface area contributed by atoms with E-state index in [0.29, 0.717) is 6.42 Å². The third-order valence-corrected chi connectivity index (χ3v) is 1.74. The Bertz CT molecular complexity index is 338. The van der Waals surface area contributed by atoms with Crippen molar-refractivity contribution in [2.75, 3.05) is 0 Å². The van der Waals surface area contributed by atoms with Crippen molar-refractivity contribution < 1.29 is 19.5 Å². The average Bonchev–Trinajstić information content (AvgIpc) is 2.20. The number of amides is 1. The summed E-state index contributed by atoms with van der Waals surface area (Å²) < 4.78 is 0. The summed E-state index contributed by atoms with van der Waals surface area (Å²) in [5.41, 5.74) is 0. The maximum atomic E-state index is 11.1. The van der Waals surface area contributed by atoms with Crippen LogP contribution in [0.5, 0.6) is 0 Å². The van der Waals surface area contributed by atoms with Gasteiger partial charge >= 0.3 is 5.97 Å². The van der Waals surface area contributed by atoms with Crippen molar-refractivity contribution in [3.8, 4) is 11.8 Å². The number of carboxylic acid groups (broad SMARTS) is 1. The van der Waals surface area contributed by atoms with E-state index in [1.54, 1.807) is 0 Å². The number of rotatable bonds is 5. The maximum Gasteiger partial charge on any atom is 0.326 e. The predicted molar refractivity (Wildman–Crippen MR) is 57.5 cm³/mol. The molecular weight excluding hydrogens is 210 g/mol. The second-order valence-electron chi connectivity index (χ2n) is 3.21. The first kappa shape index (κ1) is 14.2. The van der Waals surface area contributed by atoms with Gasteiger partial charge in [0.2, 0.25) is 11.7 Å². The molecule has 0 radical (unpaired) electrons. The van der Waals surface area contributed by atoms with Crippen molar-refractivity contribution in [1.29, 1.82) is 0 Å². The zero-order valence-corrected chi connectivity index (χ0v) is 9.37. The molecule has 88 valence electrons. The zero-order chi connectivity index (χ0) is 12.6. The molecule has 5 nitrogen and oxygen atoms in total. The molecule has 0 aromatic rings. The summed E-state index contributed by atoms with van der Waals surface area (Å²) in [6.07, 6.45) is 0.677. The summed E-state index contributed by atoms with van der Waals surface area (Å²) in [6.45, 7) is 3.05. The molecule has 0 heterocycles. The molecule has 0 bridgehead atoms. The van der Waals surface area contributed by atoms with Gasteiger partial charge in [-0.2, -0.15) is 0 Å². The number of hydrogen-bond acceptors (Lipinski definition) is 3. The minimum absolute atomic E-state index is 0.0320. The minimum atomic E-state index is -1.15. The number of carbonyl (C=O) groups is 3. The molecule has 0 aromatic heterocycles. The number of aliphatic carboxylic acids is 1. The third-order valence-electron chi connectivity index (χ3n) is 1.74. The van der Waals surface area contributed by atoms with Crippen LogP contribution in [-0.4, -0.2) is 28.8 Å². The molecule has 1 unspecified atom stereocenters.